The number of aryl methyl sites for hydroxylation is 1. The van der Waals surface area contributed by atoms with Crippen molar-refractivity contribution in [3.63, 3.8) is 0 Å². The van der Waals surface area contributed by atoms with Crippen LogP contribution in [0.25, 0.3) is 0 Å². The lowest BCUT2D eigenvalue weighted by Crippen LogP contribution is -1.95. The van der Waals surface area contributed by atoms with Gasteiger partial charge in [0.15, 0.2) is 0 Å². The van der Waals surface area contributed by atoms with E-state index in [1.165, 1.54) is 9.75 Å². The number of nitrogens with one attached hydrogen (secondary N) is 1. The molecule has 0 atom stereocenters. The van der Waals surface area contributed by atoms with Crippen LogP contribution in [-0.4, -0.2) is 0 Å². The Morgan fingerprint density at radius 3 is 2.79 bits per heavy atom. The van der Waals surface area contributed by atoms with Crippen LogP contribution in [0.3, 0.4) is 0 Å². The maximum atomic E-state index is 5.97. The first-order chi connectivity index (χ1) is 6.75. The van der Waals surface area contributed by atoms with Crippen LogP contribution in [0.5, 0.6) is 0 Å². The van der Waals surface area contributed by atoms with Crippen molar-refractivity contribution in [3.05, 3.63) is 37.7 Å². The lowest BCUT2D eigenvalue weighted by molar-refractivity contribution is 1.20. The highest BCUT2D eigenvalue weighted by molar-refractivity contribution is 7.15. The summed E-state index contributed by atoms with van der Waals surface area (Å²) in [5.41, 5.74) is 1.03. The number of anilines is 1. The zero-order valence-corrected chi connectivity index (χ0v) is 10.1. The molecule has 0 fully saturated rings. The van der Waals surface area contributed by atoms with E-state index in [1.54, 1.807) is 11.3 Å². The molecule has 2 aromatic rings. The number of halogens is 1. The minimum Gasteiger partial charge on any atom is -0.378 e. The van der Waals surface area contributed by atoms with E-state index < -0.39 is 0 Å². The Morgan fingerprint density at radius 1 is 1.36 bits per heavy atom. The summed E-state index contributed by atoms with van der Waals surface area (Å²) in [6, 6.07) is 6.29. The molecule has 0 spiro atoms. The number of thiophene rings is 2. The Morgan fingerprint density at radius 2 is 2.21 bits per heavy atom. The second kappa shape index (κ2) is 4.34. The van der Waals surface area contributed by atoms with Gasteiger partial charge in [-0.15, -0.1) is 22.7 Å². The molecule has 0 aliphatic carbocycles. The molecule has 2 heterocycles. The molecule has 0 unspecified atom stereocenters. The molecule has 0 amide bonds. The Hall–Kier alpha value is -0.510. The normalized spacial score (nSPS) is 10.4. The van der Waals surface area contributed by atoms with Crippen LogP contribution in [0.4, 0.5) is 5.69 Å². The predicted molar refractivity (Wildman–Crippen MR) is 65.7 cm³/mol. The third-order valence-electron chi connectivity index (χ3n) is 1.87. The quantitative estimate of drug-likeness (QED) is 0.844. The van der Waals surface area contributed by atoms with Crippen LogP contribution >= 0.6 is 34.3 Å². The molecular weight excluding hydrogens is 234 g/mol. The van der Waals surface area contributed by atoms with Crippen molar-refractivity contribution in [2.75, 3.05) is 5.32 Å². The first-order valence-electron chi connectivity index (χ1n) is 4.28. The molecule has 0 aromatic carbocycles. The zero-order chi connectivity index (χ0) is 9.97. The van der Waals surface area contributed by atoms with Crippen molar-refractivity contribution in [3.8, 4) is 0 Å². The van der Waals surface area contributed by atoms with Gasteiger partial charge >= 0.3 is 0 Å². The van der Waals surface area contributed by atoms with Crippen LogP contribution in [-0.2, 0) is 6.54 Å². The van der Waals surface area contributed by atoms with E-state index in [1.807, 2.05) is 22.8 Å². The van der Waals surface area contributed by atoms with Crippen LogP contribution in [0, 0.1) is 6.92 Å². The topological polar surface area (TPSA) is 12.0 Å². The summed E-state index contributed by atoms with van der Waals surface area (Å²) >= 11 is 9.34. The van der Waals surface area contributed by atoms with Gasteiger partial charge in [0.1, 0.15) is 4.34 Å². The van der Waals surface area contributed by atoms with E-state index in [2.05, 4.69) is 24.4 Å². The molecule has 2 rings (SSSR count). The molecule has 0 saturated carbocycles. The van der Waals surface area contributed by atoms with Gasteiger partial charge in [0.05, 0.1) is 5.69 Å². The largest absolute Gasteiger partial charge is 0.378 e. The second-order valence-corrected chi connectivity index (χ2v) is 5.86. The van der Waals surface area contributed by atoms with E-state index in [0.29, 0.717) is 0 Å². The smallest absolute Gasteiger partial charge is 0.116 e. The van der Waals surface area contributed by atoms with Crippen molar-refractivity contribution in [2.45, 2.75) is 13.5 Å². The number of rotatable bonds is 3. The third-order valence-corrected chi connectivity index (χ3v) is 4.04. The van der Waals surface area contributed by atoms with Crippen molar-refractivity contribution in [1.29, 1.82) is 0 Å². The van der Waals surface area contributed by atoms with Crippen LogP contribution < -0.4 is 5.32 Å². The minimum atomic E-state index is 0.832. The highest BCUT2D eigenvalue weighted by Gasteiger charge is 2.01. The number of hydrogen-bond donors (Lipinski definition) is 1. The van der Waals surface area contributed by atoms with Gasteiger partial charge in [0.25, 0.3) is 0 Å². The van der Waals surface area contributed by atoms with Crippen molar-refractivity contribution >= 4 is 40.0 Å². The predicted octanol–water partition coefficient (Wildman–Crippen LogP) is 4.38. The highest BCUT2D eigenvalue weighted by Crippen LogP contribution is 2.28. The van der Waals surface area contributed by atoms with Crippen molar-refractivity contribution in [2.24, 2.45) is 0 Å². The average Bonchev–Trinajstić information content (AvgIpc) is 2.72. The van der Waals surface area contributed by atoms with Gasteiger partial charge in [-0.25, -0.2) is 0 Å². The molecule has 0 aliphatic heterocycles. The van der Waals surface area contributed by atoms with E-state index in [-0.39, 0.29) is 0 Å². The first-order valence-corrected chi connectivity index (χ1v) is 6.35. The molecule has 4 heteroatoms. The standard InChI is InChI=1S/C10H10ClNS2/c1-7-2-3-8(14-7)6-12-9-4-5-13-10(9)11/h2-5,12H,6H2,1H3. The molecule has 0 saturated heterocycles. The summed E-state index contributed by atoms with van der Waals surface area (Å²) in [6.45, 7) is 2.97. The molecule has 14 heavy (non-hydrogen) atoms. The van der Waals surface area contributed by atoms with E-state index in [4.69, 9.17) is 11.6 Å². The summed E-state index contributed by atoms with van der Waals surface area (Å²) in [4.78, 5) is 2.68. The van der Waals surface area contributed by atoms with Gasteiger partial charge in [-0.2, -0.15) is 0 Å². The van der Waals surface area contributed by atoms with Crippen LogP contribution in [0.1, 0.15) is 9.75 Å². The van der Waals surface area contributed by atoms with Gasteiger partial charge in [0, 0.05) is 16.3 Å². The summed E-state index contributed by atoms with van der Waals surface area (Å²) in [7, 11) is 0. The number of hydrogen-bond acceptors (Lipinski definition) is 3. The van der Waals surface area contributed by atoms with Gasteiger partial charge in [0.2, 0.25) is 0 Å². The van der Waals surface area contributed by atoms with Crippen LogP contribution in [0.2, 0.25) is 4.34 Å². The van der Waals surface area contributed by atoms with Crippen LogP contribution in [0.15, 0.2) is 23.6 Å². The molecule has 0 bridgehead atoms. The minimum absolute atomic E-state index is 0.832. The second-order valence-electron chi connectivity index (χ2n) is 2.97. The SMILES string of the molecule is Cc1ccc(CNc2ccsc2Cl)s1. The van der Waals surface area contributed by atoms with Gasteiger partial charge in [-0.1, -0.05) is 11.6 Å². The maximum absolute atomic E-state index is 5.97. The fourth-order valence-corrected chi connectivity index (χ4v) is 2.89. The third kappa shape index (κ3) is 2.29. The monoisotopic (exact) mass is 243 g/mol. The summed E-state index contributed by atoms with van der Waals surface area (Å²) in [5, 5.41) is 5.30. The van der Waals surface area contributed by atoms with Crippen molar-refractivity contribution in [1.82, 2.24) is 0 Å². The van der Waals surface area contributed by atoms with Gasteiger partial charge in [-0.05, 0) is 30.5 Å². The lowest BCUT2D eigenvalue weighted by Gasteiger charge is -2.01. The molecule has 1 N–H and O–H groups in total. The maximum Gasteiger partial charge on any atom is 0.116 e. The van der Waals surface area contributed by atoms with Gasteiger partial charge < -0.3 is 5.32 Å². The molecule has 0 aliphatic rings. The summed E-state index contributed by atoms with van der Waals surface area (Å²) in [6.07, 6.45) is 0. The highest BCUT2D eigenvalue weighted by atomic mass is 35.5. The molecular formula is C10H10ClNS2. The molecule has 1 nitrogen and oxygen atoms in total. The fraction of sp³-hybridized carbons (Fsp3) is 0.200. The molecule has 2 aromatic heterocycles. The summed E-state index contributed by atoms with van der Waals surface area (Å²) < 4.78 is 0.832. The lowest BCUT2D eigenvalue weighted by atomic mass is 10.4. The molecule has 74 valence electrons. The van der Waals surface area contributed by atoms with E-state index in [9.17, 15) is 0 Å². The fourth-order valence-electron chi connectivity index (χ4n) is 1.18. The Bertz CT molecular complexity index is 419. The first kappa shape index (κ1) is 10.0. The zero-order valence-electron chi connectivity index (χ0n) is 7.71. The summed E-state index contributed by atoms with van der Waals surface area (Å²) in [5.74, 6) is 0. The Kier molecular flexibility index (Phi) is 3.11. The van der Waals surface area contributed by atoms with E-state index >= 15 is 0 Å². The van der Waals surface area contributed by atoms with Crippen molar-refractivity contribution < 1.29 is 0 Å². The average molecular weight is 244 g/mol. The Balaban J connectivity index is 1.98. The van der Waals surface area contributed by atoms with E-state index in [0.717, 1.165) is 16.6 Å². The van der Waals surface area contributed by atoms with Gasteiger partial charge in [-0.3, -0.25) is 0 Å². The molecule has 0 radical (unpaired) electrons. The Labute approximate surface area is 96.4 Å².